The van der Waals surface area contributed by atoms with Gasteiger partial charge in [0.15, 0.2) is 17.1 Å². The van der Waals surface area contributed by atoms with Gasteiger partial charge in [-0.05, 0) is 36.4 Å². The largest absolute Gasteiger partial charge is 0.493 e. The van der Waals surface area contributed by atoms with E-state index in [9.17, 15) is 4.79 Å². The van der Waals surface area contributed by atoms with Crippen LogP contribution in [0.5, 0.6) is 17.2 Å². The summed E-state index contributed by atoms with van der Waals surface area (Å²) in [6.07, 6.45) is 0. The third kappa shape index (κ3) is 3.22. The number of aromatic amines is 1. The molecular weight excluding hydrogens is 408 g/mol. The van der Waals surface area contributed by atoms with E-state index in [1.807, 2.05) is 30.3 Å². The van der Waals surface area contributed by atoms with E-state index in [-0.39, 0.29) is 5.91 Å². The van der Waals surface area contributed by atoms with Gasteiger partial charge in [0.1, 0.15) is 5.52 Å². The second kappa shape index (κ2) is 7.73. The van der Waals surface area contributed by atoms with Gasteiger partial charge in [-0.1, -0.05) is 18.2 Å². The van der Waals surface area contributed by atoms with Crippen LogP contribution < -0.4 is 19.5 Å². The fourth-order valence-electron chi connectivity index (χ4n) is 3.75. The van der Waals surface area contributed by atoms with Crippen LogP contribution in [-0.2, 0) is 0 Å². The average molecular weight is 428 g/mol. The Labute approximate surface area is 183 Å². The Kier molecular flexibility index (Phi) is 4.74. The molecule has 32 heavy (non-hydrogen) atoms. The maximum atomic E-state index is 12.9. The lowest BCUT2D eigenvalue weighted by atomic mass is 10.1. The lowest BCUT2D eigenvalue weighted by Gasteiger charge is -2.14. The standard InChI is InChI=1S/C24H20N4O4/c1-30-19-10-13(11-20(31-2)22(19)32-3)24(29)25-14-8-9-17-18(12-14)26-21-15-6-4-5-7-16(15)27-23(21)28-17/h4-12H,1-3H3,(H,25,29)(H,27,28). The van der Waals surface area contributed by atoms with Crippen molar-refractivity contribution in [3.8, 4) is 17.2 Å². The van der Waals surface area contributed by atoms with Crippen LogP contribution in [0.1, 0.15) is 10.4 Å². The molecule has 2 aromatic heterocycles. The predicted molar refractivity (Wildman–Crippen MR) is 123 cm³/mol. The van der Waals surface area contributed by atoms with Gasteiger partial charge in [-0.15, -0.1) is 0 Å². The summed E-state index contributed by atoms with van der Waals surface area (Å²) in [5, 5.41) is 3.91. The molecule has 0 unspecified atom stereocenters. The number of hydrogen-bond donors (Lipinski definition) is 2. The molecule has 0 radical (unpaired) electrons. The lowest BCUT2D eigenvalue weighted by Crippen LogP contribution is -2.12. The average Bonchev–Trinajstić information content (AvgIpc) is 3.18. The van der Waals surface area contributed by atoms with Crippen LogP contribution in [0.15, 0.2) is 54.6 Å². The molecule has 0 atom stereocenters. The van der Waals surface area contributed by atoms with E-state index in [0.717, 1.165) is 27.6 Å². The second-order valence-corrected chi connectivity index (χ2v) is 7.16. The first kappa shape index (κ1) is 19.6. The smallest absolute Gasteiger partial charge is 0.255 e. The van der Waals surface area contributed by atoms with Crippen molar-refractivity contribution in [1.29, 1.82) is 0 Å². The Morgan fingerprint density at radius 3 is 2.34 bits per heavy atom. The molecule has 0 bridgehead atoms. The number of ether oxygens (including phenoxy) is 3. The number of amides is 1. The molecule has 8 nitrogen and oxygen atoms in total. The molecule has 8 heteroatoms. The maximum Gasteiger partial charge on any atom is 0.255 e. The number of carbonyl (C=O) groups excluding carboxylic acids is 1. The number of carbonyl (C=O) groups is 1. The van der Waals surface area contributed by atoms with Crippen molar-refractivity contribution in [2.75, 3.05) is 26.6 Å². The molecule has 1 amide bonds. The molecule has 0 saturated carbocycles. The van der Waals surface area contributed by atoms with Gasteiger partial charge >= 0.3 is 0 Å². The van der Waals surface area contributed by atoms with E-state index in [1.54, 1.807) is 24.3 Å². The number of nitrogens with zero attached hydrogens (tertiary/aromatic N) is 2. The van der Waals surface area contributed by atoms with Crippen molar-refractivity contribution in [1.82, 2.24) is 15.0 Å². The van der Waals surface area contributed by atoms with Gasteiger partial charge in [-0.2, -0.15) is 0 Å². The summed E-state index contributed by atoms with van der Waals surface area (Å²) in [4.78, 5) is 25.7. The van der Waals surface area contributed by atoms with E-state index >= 15 is 0 Å². The first-order valence-electron chi connectivity index (χ1n) is 9.91. The zero-order valence-corrected chi connectivity index (χ0v) is 17.7. The molecule has 160 valence electrons. The van der Waals surface area contributed by atoms with Crippen LogP contribution in [-0.4, -0.2) is 42.2 Å². The van der Waals surface area contributed by atoms with Crippen LogP contribution in [0.2, 0.25) is 0 Å². The summed E-state index contributed by atoms with van der Waals surface area (Å²) in [7, 11) is 4.53. The Balaban J connectivity index is 1.51. The fraction of sp³-hybridized carbons (Fsp3) is 0.125. The van der Waals surface area contributed by atoms with Gasteiger partial charge in [0.25, 0.3) is 5.91 Å². The van der Waals surface area contributed by atoms with Gasteiger partial charge in [0.05, 0.1) is 32.4 Å². The van der Waals surface area contributed by atoms with Crippen molar-refractivity contribution < 1.29 is 19.0 Å². The molecule has 0 aliphatic carbocycles. The van der Waals surface area contributed by atoms with Crippen molar-refractivity contribution in [2.45, 2.75) is 0 Å². The number of hydrogen-bond acceptors (Lipinski definition) is 6. The third-order valence-electron chi connectivity index (χ3n) is 5.28. The summed E-state index contributed by atoms with van der Waals surface area (Å²) in [5.74, 6) is 0.922. The quantitative estimate of drug-likeness (QED) is 0.426. The minimum Gasteiger partial charge on any atom is -0.493 e. The second-order valence-electron chi connectivity index (χ2n) is 7.16. The Bertz CT molecular complexity index is 1470. The Hall–Kier alpha value is -4.33. The summed E-state index contributed by atoms with van der Waals surface area (Å²) in [6.45, 7) is 0. The predicted octanol–water partition coefficient (Wildman–Crippen LogP) is 4.54. The summed E-state index contributed by atoms with van der Waals surface area (Å²) < 4.78 is 16.0. The molecule has 0 saturated heterocycles. The zero-order valence-electron chi connectivity index (χ0n) is 17.7. The first-order chi connectivity index (χ1) is 15.6. The molecule has 2 heterocycles. The molecule has 5 rings (SSSR count). The van der Waals surface area contributed by atoms with E-state index < -0.39 is 0 Å². The zero-order chi connectivity index (χ0) is 22.2. The number of rotatable bonds is 5. The summed E-state index contributed by atoms with van der Waals surface area (Å²) >= 11 is 0. The molecule has 5 aromatic rings. The van der Waals surface area contributed by atoms with Gasteiger partial charge in [-0.3, -0.25) is 4.79 Å². The van der Waals surface area contributed by atoms with E-state index in [1.165, 1.54) is 21.3 Å². The maximum absolute atomic E-state index is 12.9. The van der Waals surface area contributed by atoms with Crippen LogP contribution in [0.4, 0.5) is 5.69 Å². The molecule has 0 aliphatic heterocycles. The number of methoxy groups -OCH3 is 3. The molecule has 3 aromatic carbocycles. The van der Waals surface area contributed by atoms with Crippen molar-refractivity contribution in [3.05, 3.63) is 60.2 Å². The van der Waals surface area contributed by atoms with Crippen molar-refractivity contribution >= 4 is 44.7 Å². The number of aromatic nitrogens is 3. The van der Waals surface area contributed by atoms with Crippen LogP contribution >= 0.6 is 0 Å². The van der Waals surface area contributed by atoms with Gasteiger partial charge in [-0.25, -0.2) is 9.97 Å². The first-order valence-corrected chi connectivity index (χ1v) is 9.91. The van der Waals surface area contributed by atoms with Crippen molar-refractivity contribution in [3.63, 3.8) is 0 Å². The molecule has 0 fully saturated rings. The van der Waals surface area contributed by atoms with Gasteiger partial charge < -0.3 is 24.5 Å². The topological polar surface area (TPSA) is 98.4 Å². The minimum atomic E-state index is -0.315. The molecular formula is C24H20N4O4. The number of H-pyrrole nitrogens is 1. The molecule has 2 N–H and O–H groups in total. The van der Waals surface area contributed by atoms with E-state index in [2.05, 4.69) is 15.3 Å². The monoisotopic (exact) mass is 428 g/mol. The minimum absolute atomic E-state index is 0.315. The number of para-hydroxylation sites is 1. The van der Waals surface area contributed by atoms with Gasteiger partial charge in [0, 0.05) is 22.2 Å². The number of benzene rings is 3. The highest BCUT2D eigenvalue weighted by Crippen LogP contribution is 2.38. The number of anilines is 1. The molecule has 0 aliphatic rings. The summed E-state index contributed by atoms with van der Waals surface area (Å²) in [6, 6.07) is 16.6. The Morgan fingerprint density at radius 1 is 0.875 bits per heavy atom. The normalized spacial score (nSPS) is 11.1. The SMILES string of the molecule is COc1cc(C(=O)Nc2ccc3nc4[nH]c5ccccc5c4nc3c2)cc(OC)c1OC. The summed E-state index contributed by atoms with van der Waals surface area (Å²) in [5.41, 5.74) is 4.89. The van der Waals surface area contributed by atoms with Crippen LogP contribution in [0.3, 0.4) is 0 Å². The number of nitrogens with one attached hydrogen (secondary N) is 2. The van der Waals surface area contributed by atoms with Gasteiger partial charge in [0.2, 0.25) is 5.75 Å². The van der Waals surface area contributed by atoms with Crippen LogP contribution in [0, 0.1) is 0 Å². The Morgan fingerprint density at radius 2 is 1.62 bits per heavy atom. The highest BCUT2D eigenvalue weighted by molar-refractivity contribution is 6.07. The molecule has 0 spiro atoms. The highest BCUT2D eigenvalue weighted by Gasteiger charge is 2.17. The highest BCUT2D eigenvalue weighted by atomic mass is 16.5. The van der Waals surface area contributed by atoms with Crippen LogP contribution in [0.25, 0.3) is 33.1 Å². The lowest BCUT2D eigenvalue weighted by molar-refractivity contribution is 0.102. The van der Waals surface area contributed by atoms with Crippen molar-refractivity contribution in [2.24, 2.45) is 0 Å². The van der Waals surface area contributed by atoms with E-state index in [0.29, 0.717) is 34.0 Å². The van der Waals surface area contributed by atoms with E-state index in [4.69, 9.17) is 19.2 Å². The third-order valence-corrected chi connectivity index (χ3v) is 5.28. The number of fused-ring (bicyclic) bond motifs is 4. The fourth-order valence-corrected chi connectivity index (χ4v) is 3.75.